The normalized spacial score (nSPS) is 19.9. The summed E-state index contributed by atoms with van der Waals surface area (Å²) in [7, 11) is 1.78. The molecule has 0 saturated carbocycles. The van der Waals surface area contributed by atoms with Gasteiger partial charge in [0.15, 0.2) is 0 Å². The van der Waals surface area contributed by atoms with Crippen molar-refractivity contribution >= 4 is 23.2 Å². The summed E-state index contributed by atoms with van der Waals surface area (Å²) in [5, 5.41) is 32.3. The molecule has 1 aromatic carbocycles. The van der Waals surface area contributed by atoms with Gasteiger partial charge in [0.1, 0.15) is 5.82 Å². The second-order valence-corrected chi connectivity index (χ2v) is 6.67. The lowest BCUT2D eigenvalue weighted by Crippen LogP contribution is -2.33. The zero-order valence-electron chi connectivity index (χ0n) is 15.4. The van der Waals surface area contributed by atoms with Crippen LogP contribution in [0.1, 0.15) is 17.5 Å². The number of dihydropyridines is 1. The molecule has 7 heteroatoms. The van der Waals surface area contributed by atoms with Gasteiger partial charge in [-0.15, -0.1) is 0 Å². The van der Waals surface area contributed by atoms with Gasteiger partial charge in [0.05, 0.1) is 11.8 Å². The number of allylic oxidation sites excluding steroid dienone is 3. The molecular formula is C20H26N6O. The Bertz CT molecular complexity index is 839. The SMILES string of the molecule is CN/C=C(\C=N)c1ccc(N)c(C(=N)C2=CCNC(N3CC[C@@H](O)C3)=C2)c1. The van der Waals surface area contributed by atoms with Crippen molar-refractivity contribution in [3.8, 4) is 0 Å². The molecule has 0 unspecified atom stereocenters. The van der Waals surface area contributed by atoms with Gasteiger partial charge >= 0.3 is 0 Å². The molecule has 3 rings (SSSR count). The molecule has 7 N–H and O–H groups in total. The lowest BCUT2D eigenvalue weighted by atomic mass is 9.95. The molecule has 0 radical (unpaired) electrons. The highest BCUT2D eigenvalue weighted by molar-refractivity contribution is 6.16. The maximum atomic E-state index is 9.77. The zero-order valence-corrected chi connectivity index (χ0v) is 15.4. The Hall–Kier alpha value is -3.06. The van der Waals surface area contributed by atoms with Crippen LogP contribution in [0.2, 0.25) is 0 Å². The third kappa shape index (κ3) is 4.03. The van der Waals surface area contributed by atoms with E-state index in [1.165, 1.54) is 6.21 Å². The number of β-amino-alcohol motifs (C(OH)–C–C–N with tert-alkyl or cyclic N) is 1. The Morgan fingerprint density at radius 3 is 2.93 bits per heavy atom. The Labute approximate surface area is 159 Å². The molecule has 2 aliphatic heterocycles. The number of rotatable bonds is 6. The molecule has 27 heavy (non-hydrogen) atoms. The lowest BCUT2D eigenvalue weighted by molar-refractivity contribution is 0.182. The summed E-state index contributed by atoms with van der Waals surface area (Å²) < 4.78 is 0. The highest BCUT2D eigenvalue weighted by atomic mass is 16.3. The fourth-order valence-electron chi connectivity index (χ4n) is 3.33. The van der Waals surface area contributed by atoms with Gasteiger partial charge in [-0.05, 0) is 30.2 Å². The van der Waals surface area contributed by atoms with E-state index in [1.54, 1.807) is 19.3 Å². The lowest BCUT2D eigenvalue weighted by Gasteiger charge is -2.26. The van der Waals surface area contributed by atoms with Gasteiger partial charge in [-0.3, -0.25) is 5.41 Å². The van der Waals surface area contributed by atoms with Crippen molar-refractivity contribution in [1.82, 2.24) is 15.5 Å². The Balaban J connectivity index is 1.89. The number of nitrogens with two attached hydrogens (primary N) is 1. The molecule has 0 spiro atoms. The number of likely N-dealkylation sites (tertiary alicyclic amines) is 1. The quantitative estimate of drug-likeness (QED) is 0.335. The molecule has 0 aliphatic carbocycles. The molecule has 1 saturated heterocycles. The molecule has 0 amide bonds. The summed E-state index contributed by atoms with van der Waals surface area (Å²) >= 11 is 0. The van der Waals surface area contributed by atoms with Crippen LogP contribution >= 0.6 is 0 Å². The van der Waals surface area contributed by atoms with E-state index in [0.29, 0.717) is 35.6 Å². The average Bonchev–Trinajstić information content (AvgIpc) is 3.12. The van der Waals surface area contributed by atoms with E-state index in [9.17, 15) is 5.11 Å². The van der Waals surface area contributed by atoms with Gasteiger partial charge in [0.25, 0.3) is 0 Å². The summed E-state index contributed by atoms with van der Waals surface area (Å²) in [4.78, 5) is 2.10. The highest BCUT2D eigenvalue weighted by Crippen LogP contribution is 2.24. The standard InChI is InChI=1S/C20H26N6O/c1-24-11-15(10-21)13-2-3-18(22)17(8-13)20(23)14-4-6-25-19(9-14)26-7-5-16(27)12-26/h2-4,8-11,16,21,23-25,27H,5-7,12,22H2,1H3/b15-11+,21-10?,23-20?/t16-/m1/s1. The molecule has 0 aromatic heterocycles. The molecule has 142 valence electrons. The monoisotopic (exact) mass is 366 g/mol. The van der Waals surface area contributed by atoms with E-state index in [0.717, 1.165) is 29.9 Å². The van der Waals surface area contributed by atoms with E-state index < -0.39 is 0 Å². The van der Waals surface area contributed by atoms with Crippen LogP contribution in [-0.2, 0) is 0 Å². The fraction of sp³-hybridized carbons (Fsp3) is 0.300. The van der Waals surface area contributed by atoms with Crippen LogP contribution in [0.4, 0.5) is 5.69 Å². The van der Waals surface area contributed by atoms with E-state index in [2.05, 4.69) is 15.5 Å². The van der Waals surface area contributed by atoms with Crippen molar-refractivity contribution in [3.05, 3.63) is 59.1 Å². The third-order valence-corrected chi connectivity index (χ3v) is 4.80. The first-order valence-corrected chi connectivity index (χ1v) is 8.99. The Morgan fingerprint density at radius 2 is 2.26 bits per heavy atom. The molecular weight excluding hydrogens is 340 g/mol. The van der Waals surface area contributed by atoms with Crippen LogP contribution in [0.15, 0.2) is 47.9 Å². The third-order valence-electron chi connectivity index (χ3n) is 4.80. The van der Waals surface area contributed by atoms with Crippen LogP contribution in [0.5, 0.6) is 0 Å². The van der Waals surface area contributed by atoms with Crippen LogP contribution in [0.3, 0.4) is 0 Å². The van der Waals surface area contributed by atoms with Crippen molar-refractivity contribution in [3.63, 3.8) is 0 Å². The topological polar surface area (TPSA) is 121 Å². The van der Waals surface area contributed by atoms with Crippen LogP contribution in [0.25, 0.3) is 5.57 Å². The summed E-state index contributed by atoms with van der Waals surface area (Å²) in [5.41, 5.74) is 10.0. The molecule has 1 aromatic rings. The number of hydrogen-bond acceptors (Lipinski definition) is 7. The first-order valence-electron chi connectivity index (χ1n) is 8.99. The van der Waals surface area contributed by atoms with Crippen molar-refractivity contribution in [2.45, 2.75) is 12.5 Å². The minimum atomic E-state index is -0.299. The summed E-state index contributed by atoms with van der Waals surface area (Å²) in [6, 6.07) is 5.47. The maximum Gasteiger partial charge on any atom is 0.102 e. The second kappa shape index (κ2) is 8.09. The minimum Gasteiger partial charge on any atom is -0.398 e. The molecule has 2 aliphatic rings. The number of aliphatic hydroxyl groups excluding tert-OH is 1. The predicted molar refractivity (Wildman–Crippen MR) is 110 cm³/mol. The van der Waals surface area contributed by atoms with Gasteiger partial charge in [0, 0.05) is 61.5 Å². The molecule has 2 heterocycles. The van der Waals surface area contributed by atoms with Crippen molar-refractivity contribution < 1.29 is 5.11 Å². The van der Waals surface area contributed by atoms with E-state index in [4.69, 9.17) is 16.6 Å². The van der Waals surface area contributed by atoms with E-state index >= 15 is 0 Å². The summed E-state index contributed by atoms with van der Waals surface area (Å²) in [6.45, 7) is 2.03. The molecule has 0 bridgehead atoms. The molecule has 1 atom stereocenters. The minimum absolute atomic E-state index is 0.299. The Morgan fingerprint density at radius 1 is 1.44 bits per heavy atom. The highest BCUT2D eigenvalue weighted by Gasteiger charge is 2.24. The van der Waals surface area contributed by atoms with Crippen LogP contribution in [0, 0.1) is 10.8 Å². The maximum absolute atomic E-state index is 9.77. The fourth-order valence-corrected chi connectivity index (χ4v) is 3.33. The Kier molecular flexibility index (Phi) is 5.61. The van der Waals surface area contributed by atoms with Crippen molar-refractivity contribution in [2.24, 2.45) is 0 Å². The van der Waals surface area contributed by atoms with E-state index in [1.807, 2.05) is 24.3 Å². The number of nitrogens with zero attached hydrogens (tertiary/aromatic N) is 1. The van der Waals surface area contributed by atoms with E-state index in [-0.39, 0.29) is 6.10 Å². The predicted octanol–water partition coefficient (Wildman–Crippen LogP) is 1.28. The summed E-state index contributed by atoms with van der Waals surface area (Å²) in [5.74, 6) is 0.929. The number of hydrogen-bond donors (Lipinski definition) is 6. The smallest absolute Gasteiger partial charge is 0.102 e. The summed E-state index contributed by atoms with van der Waals surface area (Å²) in [6.07, 6.45) is 7.38. The van der Waals surface area contributed by atoms with Gasteiger partial charge in [-0.25, -0.2) is 0 Å². The van der Waals surface area contributed by atoms with Gasteiger partial charge < -0.3 is 31.8 Å². The number of aliphatic hydroxyl groups is 1. The number of anilines is 1. The first-order chi connectivity index (χ1) is 13.0. The van der Waals surface area contributed by atoms with Gasteiger partial charge in [0.2, 0.25) is 0 Å². The van der Waals surface area contributed by atoms with Crippen LogP contribution < -0.4 is 16.4 Å². The zero-order chi connectivity index (χ0) is 19.4. The second-order valence-electron chi connectivity index (χ2n) is 6.67. The largest absolute Gasteiger partial charge is 0.398 e. The number of nitrogen functional groups attached to an aromatic ring is 1. The number of nitrogens with one attached hydrogen (secondary N) is 4. The van der Waals surface area contributed by atoms with Gasteiger partial charge in [-0.1, -0.05) is 12.1 Å². The molecule has 1 fully saturated rings. The van der Waals surface area contributed by atoms with Crippen LogP contribution in [-0.4, -0.2) is 54.7 Å². The first kappa shape index (κ1) is 18.7. The van der Waals surface area contributed by atoms with Crippen molar-refractivity contribution in [1.29, 1.82) is 10.8 Å². The van der Waals surface area contributed by atoms with Gasteiger partial charge in [-0.2, -0.15) is 0 Å². The molecule has 7 nitrogen and oxygen atoms in total. The number of benzene rings is 1. The van der Waals surface area contributed by atoms with Crippen molar-refractivity contribution in [2.75, 3.05) is 32.4 Å². The average molecular weight is 366 g/mol.